The van der Waals surface area contributed by atoms with E-state index in [1.54, 1.807) is 0 Å². The summed E-state index contributed by atoms with van der Waals surface area (Å²) in [4.78, 5) is 14.2. The first-order valence-corrected chi connectivity index (χ1v) is 7.87. The molecule has 2 aliphatic rings. The molecule has 1 heterocycles. The summed E-state index contributed by atoms with van der Waals surface area (Å²) in [5.41, 5.74) is 0. The predicted molar refractivity (Wildman–Crippen MR) is 85.3 cm³/mol. The Morgan fingerprint density at radius 2 is 1.70 bits per heavy atom. The minimum Gasteiger partial charge on any atom is -0.352 e. The van der Waals surface area contributed by atoms with Gasteiger partial charge in [0.15, 0.2) is 0 Å². The predicted octanol–water partition coefficient (Wildman–Crippen LogP) is 1.79. The van der Waals surface area contributed by atoms with Gasteiger partial charge in [-0.2, -0.15) is 0 Å². The number of piperidine rings is 1. The van der Waals surface area contributed by atoms with Crippen molar-refractivity contribution in [3.63, 3.8) is 0 Å². The summed E-state index contributed by atoms with van der Waals surface area (Å²) in [5, 5.41) is 6.03. The molecule has 5 heteroatoms. The van der Waals surface area contributed by atoms with Crippen molar-refractivity contribution in [1.82, 2.24) is 15.5 Å². The second-order valence-corrected chi connectivity index (χ2v) is 6.32. The molecule has 0 atom stereocenters. The third-order valence-corrected chi connectivity index (χ3v) is 4.73. The number of amides is 1. The largest absolute Gasteiger partial charge is 0.352 e. The summed E-state index contributed by atoms with van der Waals surface area (Å²) in [6.45, 7) is 5.36. The van der Waals surface area contributed by atoms with E-state index in [1.165, 1.54) is 38.8 Å². The summed E-state index contributed by atoms with van der Waals surface area (Å²) in [6, 6.07) is 1.17. The molecule has 4 nitrogen and oxygen atoms in total. The second-order valence-electron chi connectivity index (χ2n) is 6.32. The highest BCUT2D eigenvalue weighted by Gasteiger charge is 2.28. The van der Waals surface area contributed by atoms with Crippen molar-refractivity contribution in [2.45, 2.75) is 57.5 Å². The van der Waals surface area contributed by atoms with Gasteiger partial charge in [-0.3, -0.25) is 4.79 Å². The van der Waals surface area contributed by atoms with Crippen molar-refractivity contribution >= 4 is 18.3 Å². The van der Waals surface area contributed by atoms with Crippen LogP contribution in [0.1, 0.15) is 45.4 Å². The molecule has 0 bridgehead atoms. The third-order valence-electron chi connectivity index (χ3n) is 4.73. The molecule has 2 N–H and O–H groups in total. The number of rotatable bonds is 4. The zero-order chi connectivity index (χ0) is 13.7. The summed E-state index contributed by atoms with van der Waals surface area (Å²) in [5.74, 6) is 1.05. The van der Waals surface area contributed by atoms with Crippen LogP contribution in [0.25, 0.3) is 0 Å². The molecule has 0 unspecified atom stereocenters. The van der Waals surface area contributed by atoms with E-state index in [2.05, 4.69) is 22.5 Å². The Labute approximate surface area is 129 Å². The number of hydrogen-bond acceptors (Lipinski definition) is 3. The molecule has 118 valence electrons. The average Bonchev–Trinajstić information content (AvgIpc) is 2.41. The first-order valence-electron chi connectivity index (χ1n) is 7.87. The van der Waals surface area contributed by atoms with Gasteiger partial charge < -0.3 is 15.5 Å². The Hall–Kier alpha value is -0.320. The van der Waals surface area contributed by atoms with Crippen molar-refractivity contribution in [3.05, 3.63) is 0 Å². The van der Waals surface area contributed by atoms with Crippen molar-refractivity contribution in [2.75, 3.05) is 26.7 Å². The summed E-state index contributed by atoms with van der Waals surface area (Å²) in [7, 11) is 1.81. The molecule has 1 saturated heterocycles. The fourth-order valence-corrected chi connectivity index (χ4v) is 3.42. The Kier molecular flexibility index (Phi) is 7.85. The number of nitrogens with zero attached hydrogens (tertiary/aromatic N) is 1. The lowest BCUT2D eigenvalue weighted by molar-refractivity contribution is -0.121. The van der Waals surface area contributed by atoms with Gasteiger partial charge in [0.1, 0.15) is 0 Å². The molecular weight excluding hydrogens is 274 g/mol. The SMILES string of the molecule is CNCC(=O)NC1CCC(N2CCC(C)CC2)CC1.Cl. The molecule has 20 heavy (non-hydrogen) atoms. The van der Waals surface area contributed by atoms with E-state index in [0.717, 1.165) is 24.8 Å². The van der Waals surface area contributed by atoms with Gasteiger partial charge in [-0.05, 0) is 64.6 Å². The lowest BCUT2D eigenvalue weighted by Crippen LogP contribution is -2.47. The molecule has 0 aromatic heterocycles. The normalized spacial score (nSPS) is 28.7. The smallest absolute Gasteiger partial charge is 0.234 e. The zero-order valence-electron chi connectivity index (χ0n) is 12.9. The highest BCUT2D eigenvalue weighted by Crippen LogP contribution is 2.27. The van der Waals surface area contributed by atoms with E-state index in [1.807, 2.05) is 7.05 Å². The van der Waals surface area contributed by atoms with Crippen LogP contribution in [0.4, 0.5) is 0 Å². The lowest BCUT2D eigenvalue weighted by Gasteiger charge is -2.40. The Morgan fingerprint density at radius 1 is 1.10 bits per heavy atom. The Morgan fingerprint density at radius 3 is 2.25 bits per heavy atom. The quantitative estimate of drug-likeness (QED) is 0.832. The topological polar surface area (TPSA) is 44.4 Å². The van der Waals surface area contributed by atoms with Crippen molar-refractivity contribution in [1.29, 1.82) is 0 Å². The molecule has 0 spiro atoms. The van der Waals surface area contributed by atoms with E-state index >= 15 is 0 Å². The minimum atomic E-state index is 0. The van der Waals surface area contributed by atoms with E-state index < -0.39 is 0 Å². The Bertz CT molecular complexity index is 285. The van der Waals surface area contributed by atoms with Gasteiger partial charge in [0.25, 0.3) is 0 Å². The molecule has 1 aliphatic heterocycles. The molecule has 1 aliphatic carbocycles. The van der Waals surface area contributed by atoms with E-state index in [-0.39, 0.29) is 18.3 Å². The first-order chi connectivity index (χ1) is 9.19. The van der Waals surface area contributed by atoms with E-state index in [4.69, 9.17) is 0 Å². The fourth-order valence-electron chi connectivity index (χ4n) is 3.42. The third kappa shape index (κ3) is 5.23. The van der Waals surface area contributed by atoms with Gasteiger partial charge in [0.05, 0.1) is 6.54 Å². The number of carbonyl (C=O) groups excluding carboxylic acids is 1. The van der Waals surface area contributed by atoms with Gasteiger partial charge in [-0.15, -0.1) is 12.4 Å². The molecule has 1 amide bonds. The van der Waals surface area contributed by atoms with Crippen molar-refractivity contribution in [2.24, 2.45) is 5.92 Å². The lowest BCUT2D eigenvalue weighted by atomic mass is 9.88. The van der Waals surface area contributed by atoms with Crippen LogP contribution in [0.2, 0.25) is 0 Å². The number of carbonyl (C=O) groups is 1. The van der Waals surface area contributed by atoms with Gasteiger partial charge in [-0.25, -0.2) is 0 Å². The molecule has 0 radical (unpaired) electrons. The molecular formula is C15H30ClN3O. The van der Waals surface area contributed by atoms with Crippen LogP contribution in [0, 0.1) is 5.92 Å². The van der Waals surface area contributed by atoms with Crippen LogP contribution in [-0.4, -0.2) is 49.6 Å². The van der Waals surface area contributed by atoms with Gasteiger partial charge in [0.2, 0.25) is 5.91 Å². The van der Waals surface area contributed by atoms with Gasteiger partial charge in [-0.1, -0.05) is 6.92 Å². The summed E-state index contributed by atoms with van der Waals surface area (Å²) >= 11 is 0. The van der Waals surface area contributed by atoms with Crippen LogP contribution >= 0.6 is 12.4 Å². The standard InChI is InChI=1S/C15H29N3O.ClH/c1-12-7-9-18(10-8-12)14-5-3-13(4-6-14)17-15(19)11-16-2;/h12-14,16H,3-11H2,1-2H3,(H,17,19);1H. The van der Waals surface area contributed by atoms with Crippen LogP contribution in [0.5, 0.6) is 0 Å². The zero-order valence-corrected chi connectivity index (χ0v) is 13.7. The number of nitrogens with one attached hydrogen (secondary N) is 2. The maximum atomic E-state index is 11.5. The second kappa shape index (κ2) is 8.85. The molecule has 2 fully saturated rings. The molecule has 1 saturated carbocycles. The van der Waals surface area contributed by atoms with Crippen LogP contribution in [-0.2, 0) is 4.79 Å². The van der Waals surface area contributed by atoms with E-state index in [0.29, 0.717) is 12.6 Å². The number of halogens is 1. The van der Waals surface area contributed by atoms with Gasteiger partial charge in [0, 0.05) is 12.1 Å². The maximum Gasteiger partial charge on any atom is 0.234 e. The van der Waals surface area contributed by atoms with Crippen molar-refractivity contribution in [3.8, 4) is 0 Å². The fraction of sp³-hybridized carbons (Fsp3) is 0.933. The van der Waals surface area contributed by atoms with E-state index in [9.17, 15) is 4.79 Å². The average molecular weight is 304 g/mol. The molecule has 0 aromatic rings. The first kappa shape index (κ1) is 17.7. The van der Waals surface area contributed by atoms with Crippen LogP contribution in [0.15, 0.2) is 0 Å². The highest BCUT2D eigenvalue weighted by molar-refractivity contribution is 5.85. The summed E-state index contributed by atoms with van der Waals surface area (Å²) < 4.78 is 0. The number of hydrogen-bond donors (Lipinski definition) is 2. The maximum absolute atomic E-state index is 11.5. The highest BCUT2D eigenvalue weighted by atomic mass is 35.5. The molecule has 0 aromatic carbocycles. The van der Waals surface area contributed by atoms with Crippen molar-refractivity contribution < 1.29 is 4.79 Å². The number of likely N-dealkylation sites (tertiary alicyclic amines) is 1. The monoisotopic (exact) mass is 303 g/mol. The van der Waals surface area contributed by atoms with Crippen LogP contribution < -0.4 is 10.6 Å². The van der Waals surface area contributed by atoms with Gasteiger partial charge >= 0.3 is 0 Å². The minimum absolute atomic E-state index is 0. The Balaban J connectivity index is 0.00000200. The summed E-state index contributed by atoms with van der Waals surface area (Å²) in [6.07, 6.45) is 7.51. The number of likely N-dealkylation sites (N-methyl/N-ethyl adjacent to an activating group) is 1. The van der Waals surface area contributed by atoms with Crippen LogP contribution in [0.3, 0.4) is 0 Å². The molecule has 2 rings (SSSR count).